The Balaban J connectivity index is 1.66. The lowest BCUT2D eigenvalue weighted by atomic mass is 10.2. The Morgan fingerprint density at radius 1 is 0.792 bits per heavy atom. The van der Waals surface area contributed by atoms with Crippen LogP contribution in [0.2, 0.25) is 0 Å². The molecule has 3 heteroatoms. The Morgan fingerprint density at radius 2 is 1.50 bits per heavy atom. The van der Waals surface area contributed by atoms with Gasteiger partial charge in [-0.3, -0.25) is 4.99 Å². The number of para-hydroxylation sites is 1. The Hall–Kier alpha value is -3.07. The maximum Gasteiger partial charge on any atom is 0.127 e. The van der Waals surface area contributed by atoms with Crippen LogP contribution < -0.4 is 9.47 Å². The fourth-order valence-corrected chi connectivity index (χ4v) is 2.23. The maximum absolute atomic E-state index is 5.77. The molecule has 24 heavy (non-hydrogen) atoms. The van der Waals surface area contributed by atoms with Gasteiger partial charge in [0.1, 0.15) is 17.2 Å². The summed E-state index contributed by atoms with van der Waals surface area (Å²) in [7, 11) is 0. The van der Waals surface area contributed by atoms with Gasteiger partial charge < -0.3 is 9.47 Å². The first-order valence-corrected chi connectivity index (χ1v) is 7.93. The van der Waals surface area contributed by atoms with Crippen LogP contribution in [0, 0.1) is 0 Å². The number of hydrogen-bond donors (Lipinski definition) is 0. The molecule has 0 saturated carbocycles. The van der Waals surface area contributed by atoms with E-state index in [9.17, 15) is 0 Å². The Morgan fingerprint density at radius 3 is 2.25 bits per heavy atom. The number of aliphatic imine (C=N–C) groups is 1. The third kappa shape index (κ3) is 4.46. The molecule has 0 heterocycles. The molecule has 0 atom stereocenters. The fourth-order valence-electron chi connectivity index (χ4n) is 2.23. The number of hydrogen-bond acceptors (Lipinski definition) is 3. The first-order valence-electron chi connectivity index (χ1n) is 7.93. The van der Waals surface area contributed by atoms with E-state index in [1.165, 1.54) is 0 Å². The van der Waals surface area contributed by atoms with Gasteiger partial charge in [-0.1, -0.05) is 30.3 Å². The molecule has 0 aromatic heterocycles. The van der Waals surface area contributed by atoms with Gasteiger partial charge in [-0.05, 0) is 61.0 Å². The van der Waals surface area contributed by atoms with E-state index in [0.717, 1.165) is 28.5 Å². The molecule has 0 aliphatic carbocycles. The highest BCUT2D eigenvalue weighted by molar-refractivity contribution is 5.82. The van der Waals surface area contributed by atoms with E-state index < -0.39 is 0 Å². The van der Waals surface area contributed by atoms with E-state index in [1.807, 2.05) is 92.0 Å². The molecule has 0 aliphatic heterocycles. The molecule has 0 N–H and O–H groups in total. The van der Waals surface area contributed by atoms with Crippen LogP contribution in [0.5, 0.6) is 17.2 Å². The highest BCUT2D eigenvalue weighted by atomic mass is 16.5. The Kier molecular flexibility index (Phi) is 5.25. The van der Waals surface area contributed by atoms with Crippen molar-refractivity contribution >= 4 is 11.9 Å². The zero-order chi connectivity index (χ0) is 16.6. The molecule has 0 spiro atoms. The second-order valence-electron chi connectivity index (χ2n) is 5.17. The summed E-state index contributed by atoms with van der Waals surface area (Å²) >= 11 is 0. The van der Waals surface area contributed by atoms with E-state index in [4.69, 9.17) is 9.47 Å². The maximum atomic E-state index is 5.77. The summed E-state index contributed by atoms with van der Waals surface area (Å²) in [5, 5.41) is 0. The molecule has 0 fully saturated rings. The number of ether oxygens (including phenoxy) is 2. The van der Waals surface area contributed by atoms with Gasteiger partial charge in [0.15, 0.2) is 0 Å². The molecular weight excluding hydrogens is 298 g/mol. The normalized spacial score (nSPS) is 10.7. The minimum absolute atomic E-state index is 0.656. The molecule has 3 aromatic carbocycles. The van der Waals surface area contributed by atoms with Gasteiger partial charge in [-0.2, -0.15) is 0 Å². The average molecular weight is 317 g/mol. The molecule has 0 bridgehead atoms. The molecule has 0 amide bonds. The second-order valence-corrected chi connectivity index (χ2v) is 5.17. The smallest absolute Gasteiger partial charge is 0.127 e. The minimum atomic E-state index is 0.656. The first-order chi connectivity index (χ1) is 11.8. The van der Waals surface area contributed by atoms with Crippen molar-refractivity contribution in [1.29, 1.82) is 0 Å². The van der Waals surface area contributed by atoms with E-state index >= 15 is 0 Å². The predicted molar refractivity (Wildman–Crippen MR) is 97.8 cm³/mol. The zero-order valence-electron chi connectivity index (χ0n) is 13.6. The fraction of sp³-hybridized carbons (Fsp3) is 0.0952. The van der Waals surface area contributed by atoms with Gasteiger partial charge in [-0.15, -0.1) is 0 Å². The minimum Gasteiger partial charge on any atom is -0.494 e. The Bertz CT molecular complexity index is 796. The molecule has 3 aromatic rings. The van der Waals surface area contributed by atoms with E-state index in [0.29, 0.717) is 6.61 Å². The van der Waals surface area contributed by atoms with Gasteiger partial charge in [0.25, 0.3) is 0 Å². The summed E-state index contributed by atoms with van der Waals surface area (Å²) in [5.41, 5.74) is 1.88. The summed E-state index contributed by atoms with van der Waals surface area (Å²) < 4.78 is 11.3. The molecular formula is C21H19NO2. The van der Waals surface area contributed by atoms with Crippen LogP contribution in [0.25, 0.3) is 0 Å². The van der Waals surface area contributed by atoms with Gasteiger partial charge in [0.2, 0.25) is 0 Å². The van der Waals surface area contributed by atoms with Crippen molar-refractivity contribution in [2.45, 2.75) is 6.92 Å². The van der Waals surface area contributed by atoms with Gasteiger partial charge in [0, 0.05) is 6.21 Å². The van der Waals surface area contributed by atoms with Gasteiger partial charge >= 0.3 is 0 Å². The molecule has 0 radical (unpaired) electrons. The van der Waals surface area contributed by atoms with Crippen molar-refractivity contribution in [3.63, 3.8) is 0 Å². The van der Waals surface area contributed by atoms with Crippen molar-refractivity contribution in [2.24, 2.45) is 4.99 Å². The summed E-state index contributed by atoms with van der Waals surface area (Å²) in [6, 6.07) is 25.3. The second kappa shape index (κ2) is 7.97. The first kappa shape index (κ1) is 15.8. The van der Waals surface area contributed by atoms with Crippen molar-refractivity contribution in [1.82, 2.24) is 0 Å². The van der Waals surface area contributed by atoms with E-state index in [-0.39, 0.29) is 0 Å². The third-order valence-corrected chi connectivity index (χ3v) is 3.35. The predicted octanol–water partition coefficient (Wildman–Crippen LogP) is 5.63. The summed E-state index contributed by atoms with van der Waals surface area (Å²) in [5.74, 6) is 2.47. The lowest BCUT2D eigenvalue weighted by Gasteiger charge is -2.05. The Labute approximate surface area is 142 Å². The van der Waals surface area contributed by atoms with E-state index in [1.54, 1.807) is 0 Å². The van der Waals surface area contributed by atoms with Crippen LogP contribution in [-0.2, 0) is 0 Å². The summed E-state index contributed by atoms with van der Waals surface area (Å²) in [4.78, 5) is 4.49. The molecule has 0 aliphatic rings. The third-order valence-electron chi connectivity index (χ3n) is 3.35. The molecule has 3 rings (SSSR count). The number of nitrogens with zero attached hydrogens (tertiary/aromatic N) is 1. The monoisotopic (exact) mass is 317 g/mol. The largest absolute Gasteiger partial charge is 0.494 e. The van der Waals surface area contributed by atoms with Crippen LogP contribution in [0.3, 0.4) is 0 Å². The van der Waals surface area contributed by atoms with Crippen LogP contribution in [0.15, 0.2) is 83.9 Å². The lowest BCUT2D eigenvalue weighted by molar-refractivity contribution is 0.340. The number of rotatable bonds is 6. The topological polar surface area (TPSA) is 30.8 Å². The van der Waals surface area contributed by atoms with Crippen LogP contribution >= 0.6 is 0 Å². The number of benzene rings is 3. The molecule has 3 nitrogen and oxygen atoms in total. The van der Waals surface area contributed by atoms with Crippen LogP contribution in [-0.4, -0.2) is 12.8 Å². The molecule has 0 saturated heterocycles. The zero-order valence-corrected chi connectivity index (χ0v) is 13.6. The van der Waals surface area contributed by atoms with Crippen molar-refractivity contribution in [3.05, 3.63) is 84.4 Å². The summed E-state index contributed by atoms with van der Waals surface area (Å²) in [6.45, 7) is 2.63. The highest BCUT2D eigenvalue weighted by Crippen LogP contribution is 2.23. The van der Waals surface area contributed by atoms with Crippen molar-refractivity contribution in [3.8, 4) is 17.2 Å². The summed E-state index contributed by atoms with van der Waals surface area (Å²) in [6.07, 6.45) is 1.83. The molecule has 0 unspecified atom stereocenters. The van der Waals surface area contributed by atoms with Crippen LogP contribution in [0.4, 0.5) is 5.69 Å². The van der Waals surface area contributed by atoms with Crippen molar-refractivity contribution in [2.75, 3.05) is 6.61 Å². The van der Waals surface area contributed by atoms with Gasteiger partial charge in [-0.25, -0.2) is 0 Å². The van der Waals surface area contributed by atoms with Crippen LogP contribution in [0.1, 0.15) is 12.5 Å². The quantitative estimate of drug-likeness (QED) is 0.552. The lowest BCUT2D eigenvalue weighted by Crippen LogP contribution is -1.91. The standard InChI is InChI=1S/C21H19NO2/c1-2-23-21-10-6-7-17(15-21)16-22-18-11-13-20(14-12-18)24-19-8-4-3-5-9-19/h3-16H,2H2,1H3. The highest BCUT2D eigenvalue weighted by Gasteiger charge is 1.97. The average Bonchev–Trinajstić information content (AvgIpc) is 2.63. The SMILES string of the molecule is CCOc1cccc(C=Nc2ccc(Oc3ccccc3)cc2)c1. The molecule has 120 valence electrons. The van der Waals surface area contributed by atoms with E-state index in [2.05, 4.69) is 4.99 Å². The van der Waals surface area contributed by atoms with Crippen molar-refractivity contribution < 1.29 is 9.47 Å². The van der Waals surface area contributed by atoms with Gasteiger partial charge in [0.05, 0.1) is 12.3 Å².